The average Bonchev–Trinajstić information content (AvgIpc) is 2.60. The molecule has 6 nitrogen and oxygen atoms in total. The Balaban J connectivity index is 2.19. The summed E-state index contributed by atoms with van der Waals surface area (Å²) in [5.74, 6) is -0.172. The van der Waals surface area contributed by atoms with Gasteiger partial charge in [0.25, 0.3) is 5.91 Å². The second-order valence-electron chi connectivity index (χ2n) is 5.56. The molecule has 0 aromatic heterocycles. The molecule has 0 spiro atoms. The van der Waals surface area contributed by atoms with Crippen molar-refractivity contribution in [2.24, 2.45) is 0 Å². The zero-order valence-electron chi connectivity index (χ0n) is 12.8. The molecule has 2 rings (SSSR count). The number of carbonyl (C=O) groups excluding carboxylic acids is 2. The predicted molar refractivity (Wildman–Crippen MR) is 83.3 cm³/mol. The molecule has 0 bridgehead atoms. The monoisotopic (exact) mass is 290 g/mol. The molecule has 114 valence electrons. The van der Waals surface area contributed by atoms with Gasteiger partial charge in [0.15, 0.2) is 0 Å². The number of amides is 2. The molecule has 1 aromatic rings. The minimum atomic E-state index is -0.143. The third-order valence-corrected chi connectivity index (χ3v) is 3.72. The number of rotatable bonds is 2. The first-order valence-corrected chi connectivity index (χ1v) is 7.00. The van der Waals surface area contributed by atoms with E-state index in [4.69, 9.17) is 5.73 Å². The molecule has 0 aliphatic carbocycles. The minimum Gasteiger partial charge on any atom is -0.397 e. The Bertz CT molecular complexity index is 557. The van der Waals surface area contributed by atoms with E-state index in [1.165, 1.54) is 0 Å². The van der Waals surface area contributed by atoms with Crippen molar-refractivity contribution in [3.63, 3.8) is 0 Å². The zero-order valence-corrected chi connectivity index (χ0v) is 12.8. The number of hydrogen-bond acceptors (Lipinski definition) is 4. The van der Waals surface area contributed by atoms with E-state index in [1.54, 1.807) is 29.0 Å². The van der Waals surface area contributed by atoms with Crippen molar-refractivity contribution < 1.29 is 9.59 Å². The Labute approximate surface area is 125 Å². The van der Waals surface area contributed by atoms with Crippen LogP contribution in [0.5, 0.6) is 0 Å². The highest BCUT2D eigenvalue weighted by atomic mass is 16.2. The number of anilines is 2. The lowest BCUT2D eigenvalue weighted by Gasteiger charge is -2.21. The predicted octanol–water partition coefficient (Wildman–Crippen LogP) is 0.639. The Morgan fingerprint density at radius 1 is 1.29 bits per heavy atom. The van der Waals surface area contributed by atoms with Crippen molar-refractivity contribution in [2.75, 3.05) is 51.4 Å². The van der Waals surface area contributed by atoms with Crippen molar-refractivity contribution in [1.82, 2.24) is 9.80 Å². The Morgan fingerprint density at radius 3 is 2.62 bits per heavy atom. The second kappa shape index (κ2) is 6.03. The third-order valence-electron chi connectivity index (χ3n) is 3.72. The fourth-order valence-electron chi connectivity index (χ4n) is 2.44. The van der Waals surface area contributed by atoms with E-state index in [1.807, 2.05) is 25.1 Å². The van der Waals surface area contributed by atoms with Crippen LogP contribution >= 0.6 is 0 Å². The average molecular weight is 290 g/mol. The lowest BCUT2D eigenvalue weighted by atomic mass is 10.1. The molecular weight excluding hydrogens is 268 g/mol. The molecular formula is C15H22N4O2. The van der Waals surface area contributed by atoms with Crippen LogP contribution in [-0.2, 0) is 4.79 Å². The van der Waals surface area contributed by atoms with Gasteiger partial charge in [-0.2, -0.15) is 0 Å². The van der Waals surface area contributed by atoms with Crippen molar-refractivity contribution >= 4 is 23.2 Å². The number of likely N-dealkylation sites (N-methyl/N-ethyl adjacent to an activating group) is 1. The fraction of sp³-hybridized carbons (Fsp3) is 0.467. The van der Waals surface area contributed by atoms with Crippen LogP contribution in [0.1, 0.15) is 16.8 Å². The molecule has 0 radical (unpaired) electrons. The van der Waals surface area contributed by atoms with Crippen LogP contribution in [0.2, 0.25) is 0 Å². The number of hydrogen-bond donors (Lipinski definition) is 1. The van der Waals surface area contributed by atoms with Gasteiger partial charge in [0.1, 0.15) is 6.54 Å². The molecule has 2 amide bonds. The summed E-state index contributed by atoms with van der Waals surface area (Å²) >= 11 is 0. The van der Waals surface area contributed by atoms with Gasteiger partial charge in [-0.25, -0.2) is 0 Å². The first kappa shape index (κ1) is 15.2. The zero-order chi connectivity index (χ0) is 15.6. The molecule has 0 atom stereocenters. The molecule has 0 unspecified atom stereocenters. The smallest absolute Gasteiger partial charge is 0.254 e. The molecule has 1 aromatic carbocycles. The van der Waals surface area contributed by atoms with E-state index in [-0.39, 0.29) is 18.4 Å². The highest BCUT2D eigenvalue weighted by Gasteiger charge is 2.24. The Hall–Kier alpha value is -2.24. The molecule has 1 aliphatic heterocycles. The topological polar surface area (TPSA) is 69.9 Å². The number of nitrogens with zero attached hydrogens (tertiary/aromatic N) is 3. The van der Waals surface area contributed by atoms with Crippen LogP contribution in [0.3, 0.4) is 0 Å². The summed E-state index contributed by atoms with van der Waals surface area (Å²) in [6, 6.07) is 5.26. The fourth-order valence-corrected chi connectivity index (χ4v) is 2.44. The van der Waals surface area contributed by atoms with Gasteiger partial charge in [0, 0.05) is 39.8 Å². The van der Waals surface area contributed by atoms with Crippen LogP contribution in [0.25, 0.3) is 0 Å². The lowest BCUT2D eigenvalue weighted by molar-refractivity contribution is -0.129. The minimum absolute atomic E-state index is 0.0290. The van der Waals surface area contributed by atoms with Crippen LogP contribution < -0.4 is 10.6 Å². The summed E-state index contributed by atoms with van der Waals surface area (Å²) in [5.41, 5.74) is 7.94. The molecule has 6 heteroatoms. The third kappa shape index (κ3) is 3.26. The van der Waals surface area contributed by atoms with Crippen LogP contribution in [0.4, 0.5) is 11.4 Å². The molecule has 1 saturated heterocycles. The number of benzene rings is 1. The quantitative estimate of drug-likeness (QED) is 0.812. The van der Waals surface area contributed by atoms with Gasteiger partial charge >= 0.3 is 0 Å². The van der Waals surface area contributed by atoms with Crippen molar-refractivity contribution in [1.29, 1.82) is 0 Å². The van der Waals surface area contributed by atoms with E-state index < -0.39 is 0 Å². The number of nitrogen functional groups attached to an aromatic ring is 1. The van der Waals surface area contributed by atoms with E-state index in [9.17, 15) is 9.59 Å². The van der Waals surface area contributed by atoms with Gasteiger partial charge in [-0.05, 0) is 24.6 Å². The normalized spacial score (nSPS) is 15.9. The second-order valence-corrected chi connectivity index (χ2v) is 5.56. The standard InChI is InChI=1S/C15H22N4O2/c1-17(2)13-6-5-11(9-12(13)16)15(21)19-8-4-7-18(3)14(20)10-19/h5-6,9H,4,7-8,10,16H2,1-3H3. The largest absolute Gasteiger partial charge is 0.397 e. The summed E-state index contributed by atoms with van der Waals surface area (Å²) in [6.45, 7) is 1.40. The first-order chi connectivity index (χ1) is 9.90. The molecule has 1 heterocycles. The summed E-state index contributed by atoms with van der Waals surface area (Å²) in [6.07, 6.45) is 0.791. The van der Waals surface area contributed by atoms with Crippen molar-refractivity contribution in [2.45, 2.75) is 6.42 Å². The lowest BCUT2D eigenvalue weighted by Crippen LogP contribution is -2.38. The van der Waals surface area contributed by atoms with Crippen LogP contribution in [0.15, 0.2) is 18.2 Å². The van der Waals surface area contributed by atoms with Gasteiger partial charge in [0.05, 0.1) is 11.4 Å². The van der Waals surface area contributed by atoms with E-state index in [2.05, 4.69) is 0 Å². The Kier molecular flexibility index (Phi) is 4.35. The van der Waals surface area contributed by atoms with Crippen molar-refractivity contribution in [3.05, 3.63) is 23.8 Å². The SMILES string of the molecule is CN1CCCN(C(=O)c2ccc(N(C)C)c(N)c2)CC1=O. The van der Waals surface area contributed by atoms with Crippen LogP contribution in [0, 0.1) is 0 Å². The molecule has 2 N–H and O–H groups in total. The van der Waals surface area contributed by atoms with E-state index >= 15 is 0 Å². The van der Waals surface area contributed by atoms with Gasteiger partial charge < -0.3 is 20.4 Å². The maximum Gasteiger partial charge on any atom is 0.254 e. The van der Waals surface area contributed by atoms with Crippen molar-refractivity contribution in [3.8, 4) is 0 Å². The summed E-state index contributed by atoms with van der Waals surface area (Å²) in [5, 5.41) is 0. The molecule has 1 fully saturated rings. The maximum atomic E-state index is 12.5. The van der Waals surface area contributed by atoms with Crippen LogP contribution in [-0.4, -0.2) is 62.4 Å². The molecule has 1 aliphatic rings. The Morgan fingerprint density at radius 2 is 2.00 bits per heavy atom. The molecule has 21 heavy (non-hydrogen) atoms. The van der Waals surface area contributed by atoms with Gasteiger partial charge in [-0.1, -0.05) is 0 Å². The molecule has 0 saturated carbocycles. The summed E-state index contributed by atoms with van der Waals surface area (Å²) < 4.78 is 0. The summed E-state index contributed by atoms with van der Waals surface area (Å²) in [7, 11) is 5.56. The number of carbonyl (C=O) groups is 2. The van der Waals surface area contributed by atoms with Gasteiger partial charge in [-0.15, -0.1) is 0 Å². The van der Waals surface area contributed by atoms with E-state index in [0.29, 0.717) is 24.3 Å². The first-order valence-electron chi connectivity index (χ1n) is 7.00. The van der Waals surface area contributed by atoms with E-state index in [0.717, 1.165) is 12.1 Å². The number of nitrogens with two attached hydrogens (primary N) is 1. The highest BCUT2D eigenvalue weighted by Crippen LogP contribution is 2.23. The van der Waals surface area contributed by atoms with Gasteiger partial charge in [0.2, 0.25) is 5.91 Å². The maximum absolute atomic E-state index is 12.5. The van der Waals surface area contributed by atoms with Gasteiger partial charge in [-0.3, -0.25) is 9.59 Å². The highest BCUT2D eigenvalue weighted by molar-refractivity contribution is 5.98. The summed E-state index contributed by atoms with van der Waals surface area (Å²) in [4.78, 5) is 29.5.